The molecule has 86 valence electrons. The van der Waals surface area contributed by atoms with Crippen molar-refractivity contribution in [2.45, 2.75) is 6.92 Å². The van der Waals surface area contributed by atoms with Crippen molar-refractivity contribution in [3.63, 3.8) is 0 Å². The minimum atomic E-state index is -0.403. The van der Waals surface area contributed by atoms with Crippen LogP contribution in [0.1, 0.15) is 15.9 Å². The molecule has 1 rings (SSSR count). The Kier molecular flexibility index (Phi) is 4.02. The molecule has 0 aliphatic heterocycles. The number of carbonyl (C=O) groups is 2. The summed E-state index contributed by atoms with van der Waals surface area (Å²) in [4.78, 5) is 22.3. The van der Waals surface area contributed by atoms with Crippen molar-refractivity contribution < 1.29 is 14.3 Å². The topological polar surface area (TPSA) is 81.4 Å². The first-order valence-electron chi connectivity index (χ1n) is 4.77. The molecule has 0 radical (unpaired) electrons. The van der Waals surface area contributed by atoms with Gasteiger partial charge in [-0.1, -0.05) is 0 Å². The molecule has 0 fully saturated rings. The van der Waals surface area contributed by atoms with E-state index in [2.05, 4.69) is 10.1 Å². The smallest absolute Gasteiger partial charge is 0.337 e. The summed E-state index contributed by atoms with van der Waals surface area (Å²) in [6.07, 6.45) is 0. The highest BCUT2D eigenvalue weighted by atomic mass is 16.5. The summed E-state index contributed by atoms with van der Waals surface area (Å²) in [6, 6.07) is 4.89. The molecule has 0 unspecified atom stereocenters. The second-order valence-corrected chi connectivity index (χ2v) is 3.27. The van der Waals surface area contributed by atoms with Crippen LogP contribution in [-0.4, -0.2) is 25.5 Å². The van der Waals surface area contributed by atoms with Gasteiger partial charge in [0.25, 0.3) is 0 Å². The lowest BCUT2D eigenvalue weighted by Gasteiger charge is -2.08. The zero-order valence-electron chi connectivity index (χ0n) is 9.24. The lowest BCUT2D eigenvalue weighted by Crippen LogP contribution is -2.22. The lowest BCUT2D eigenvalue weighted by atomic mass is 10.1. The number of methoxy groups -OCH3 is 1. The van der Waals surface area contributed by atoms with Crippen molar-refractivity contribution in [2.75, 3.05) is 19.0 Å². The van der Waals surface area contributed by atoms with Gasteiger partial charge in [-0.15, -0.1) is 0 Å². The van der Waals surface area contributed by atoms with Gasteiger partial charge in [-0.2, -0.15) is 0 Å². The third kappa shape index (κ3) is 2.80. The van der Waals surface area contributed by atoms with E-state index in [4.69, 9.17) is 5.73 Å². The van der Waals surface area contributed by atoms with Crippen molar-refractivity contribution in [1.82, 2.24) is 0 Å². The van der Waals surface area contributed by atoms with E-state index in [-0.39, 0.29) is 12.5 Å². The van der Waals surface area contributed by atoms with E-state index < -0.39 is 5.97 Å². The van der Waals surface area contributed by atoms with Gasteiger partial charge in [0, 0.05) is 5.69 Å². The number of ether oxygens (including phenoxy) is 1. The van der Waals surface area contributed by atoms with Gasteiger partial charge in [0.05, 0.1) is 19.2 Å². The molecule has 1 amide bonds. The van der Waals surface area contributed by atoms with Crippen LogP contribution >= 0.6 is 0 Å². The van der Waals surface area contributed by atoms with Crippen LogP contribution in [0.3, 0.4) is 0 Å². The molecule has 5 heteroatoms. The summed E-state index contributed by atoms with van der Waals surface area (Å²) in [7, 11) is 1.32. The Bertz CT molecular complexity index is 416. The van der Waals surface area contributed by atoms with Gasteiger partial charge in [-0.3, -0.25) is 4.79 Å². The highest BCUT2D eigenvalue weighted by Gasteiger charge is 2.08. The van der Waals surface area contributed by atoms with Crippen LogP contribution in [0, 0.1) is 6.92 Å². The summed E-state index contributed by atoms with van der Waals surface area (Å²) in [5.74, 6) is -0.672. The zero-order valence-corrected chi connectivity index (χ0v) is 9.24. The Morgan fingerprint density at radius 1 is 1.44 bits per heavy atom. The Hall–Kier alpha value is -1.88. The number of carbonyl (C=O) groups excluding carboxylic acids is 2. The molecule has 5 nitrogen and oxygen atoms in total. The second-order valence-electron chi connectivity index (χ2n) is 3.27. The van der Waals surface area contributed by atoms with Crippen LogP contribution in [0.25, 0.3) is 0 Å². The standard InChI is InChI=1S/C11H14N2O3/c1-7-5-8(11(15)16-2)3-4-9(7)13-10(14)6-12/h3-5H,6,12H2,1-2H3,(H,13,14). The molecular formula is C11H14N2O3. The highest BCUT2D eigenvalue weighted by molar-refractivity contribution is 5.94. The maximum atomic E-state index is 11.2. The quantitative estimate of drug-likeness (QED) is 0.737. The number of hydrogen-bond donors (Lipinski definition) is 2. The third-order valence-corrected chi connectivity index (χ3v) is 2.11. The van der Waals surface area contributed by atoms with Gasteiger partial charge in [0.1, 0.15) is 0 Å². The predicted molar refractivity (Wildman–Crippen MR) is 60.2 cm³/mol. The summed E-state index contributed by atoms with van der Waals surface area (Å²) < 4.78 is 4.59. The predicted octanol–water partition coefficient (Wildman–Crippen LogP) is 0.679. The normalized spacial score (nSPS) is 9.69. The number of rotatable bonds is 3. The van der Waals surface area contributed by atoms with Crippen molar-refractivity contribution >= 4 is 17.6 Å². The molecule has 3 N–H and O–H groups in total. The molecule has 0 aliphatic carbocycles. The molecule has 0 aromatic heterocycles. The van der Waals surface area contributed by atoms with Gasteiger partial charge < -0.3 is 15.8 Å². The zero-order chi connectivity index (χ0) is 12.1. The number of hydrogen-bond acceptors (Lipinski definition) is 4. The summed E-state index contributed by atoms with van der Waals surface area (Å²) >= 11 is 0. The van der Waals surface area contributed by atoms with Crippen LogP contribution in [-0.2, 0) is 9.53 Å². The van der Waals surface area contributed by atoms with Gasteiger partial charge >= 0.3 is 5.97 Å². The van der Waals surface area contributed by atoms with Crippen LogP contribution in [0.15, 0.2) is 18.2 Å². The molecule has 0 saturated heterocycles. The maximum absolute atomic E-state index is 11.2. The van der Waals surface area contributed by atoms with Crippen LogP contribution < -0.4 is 11.1 Å². The monoisotopic (exact) mass is 222 g/mol. The average molecular weight is 222 g/mol. The van der Waals surface area contributed by atoms with Gasteiger partial charge in [0.2, 0.25) is 5.91 Å². The third-order valence-electron chi connectivity index (χ3n) is 2.11. The number of benzene rings is 1. The Morgan fingerprint density at radius 3 is 2.62 bits per heavy atom. The van der Waals surface area contributed by atoms with Crippen molar-refractivity contribution in [3.8, 4) is 0 Å². The van der Waals surface area contributed by atoms with E-state index in [1.165, 1.54) is 7.11 Å². The SMILES string of the molecule is COC(=O)c1ccc(NC(=O)CN)c(C)c1. The molecular weight excluding hydrogens is 208 g/mol. The van der Waals surface area contributed by atoms with E-state index >= 15 is 0 Å². The van der Waals surface area contributed by atoms with E-state index in [0.29, 0.717) is 11.3 Å². The largest absolute Gasteiger partial charge is 0.465 e. The maximum Gasteiger partial charge on any atom is 0.337 e. The first-order chi connectivity index (χ1) is 7.58. The van der Waals surface area contributed by atoms with Crippen LogP contribution in [0.5, 0.6) is 0 Å². The first-order valence-corrected chi connectivity index (χ1v) is 4.77. The van der Waals surface area contributed by atoms with Crippen molar-refractivity contribution in [1.29, 1.82) is 0 Å². The fourth-order valence-corrected chi connectivity index (χ4v) is 1.25. The number of esters is 1. The van der Waals surface area contributed by atoms with Crippen LogP contribution in [0.2, 0.25) is 0 Å². The van der Waals surface area contributed by atoms with Crippen molar-refractivity contribution in [3.05, 3.63) is 29.3 Å². The molecule has 0 atom stereocenters. The van der Waals surface area contributed by atoms with E-state index in [9.17, 15) is 9.59 Å². The summed E-state index contributed by atoms with van der Waals surface area (Å²) in [5, 5.41) is 2.63. The molecule has 0 aliphatic rings. The van der Waals surface area contributed by atoms with Gasteiger partial charge in [-0.05, 0) is 30.7 Å². The number of amides is 1. The number of nitrogens with two attached hydrogens (primary N) is 1. The number of anilines is 1. The molecule has 1 aromatic carbocycles. The molecule has 0 spiro atoms. The highest BCUT2D eigenvalue weighted by Crippen LogP contribution is 2.16. The fourth-order valence-electron chi connectivity index (χ4n) is 1.25. The van der Waals surface area contributed by atoms with Gasteiger partial charge in [0.15, 0.2) is 0 Å². The Balaban J connectivity index is 2.91. The number of nitrogens with one attached hydrogen (secondary N) is 1. The first kappa shape index (κ1) is 12.2. The van der Waals surface area contributed by atoms with Crippen molar-refractivity contribution in [2.24, 2.45) is 5.73 Å². The Morgan fingerprint density at radius 2 is 2.12 bits per heavy atom. The van der Waals surface area contributed by atoms with E-state index in [0.717, 1.165) is 5.56 Å². The minimum absolute atomic E-state index is 0.0712. The molecule has 0 bridgehead atoms. The summed E-state index contributed by atoms with van der Waals surface area (Å²) in [5.41, 5.74) is 7.06. The fraction of sp³-hybridized carbons (Fsp3) is 0.273. The molecule has 16 heavy (non-hydrogen) atoms. The van der Waals surface area contributed by atoms with E-state index in [1.54, 1.807) is 25.1 Å². The Labute approximate surface area is 93.6 Å². The summed E-state index contributed by atoms with van der Waals surface area (Å²) in [6.45, 7) is 1.72. The van der Waals surface area contributed by atoms with Gasteiger partial charge in [-0.25, -0.2) is 4.79 Å². The van der Waals surface area contributed by atoms with E-state index in [1.807, 2.05) is 0 Å². The number of aryl methyl sites for hydroxylation is 1. The molecule has 0 saturated carbocycles. The molecule has 0 heterocycles. The molecule has 1 aromatic rings. The lowest BCUT2D eigenvalue weighted by molar-refractivity contribution is -0.114. The minimum Gasteiger partial charge on any atom is -0.465 e. The average Bonchev–Trinajstić information content (AvgIpc) is 2.30. The second kappa shape index (κ2) is 5.27. The van der Waals surface area contributed by atoms with Crippen LogP contribution in [0.4, 0.5) is 5.69 Å².